The Labute approximate surface area is 210 Å². The number of hydrogen-bond acceptors (Lipinski definition) is 4. The molecular weight excluding hydrogens is 497 g/mol. The van der Waals surface area contributed by atoms with E-state index in [0.717, 1.165) is 11.1 Å². The molecule has 34 heavy (non-hydrogen) atoms. The summed E-state index contributed by atoms with van der Waals surface area (Å²) in [5, 5.41) is 1.41. The summed E-state index contributed by atoms with van der Waals surface area (Å²) in [6.07, 6.45) is 0. The number of ether oxygens (including phenoxy) is 1. The maximum atomic E-state index is 13.8. The third-order valence-corrected chi connectivity index (χ3v) is 7.19. The minimum absolute atomic E-state index is 0.0104. The van der Waals surface area contributed by atoms with Gasteiger partial charge in [-0.25, -0.2) is 0 Å². The van der Waals surface area contributed by atoms with Crippen molar-refractivity contribution in [3.63, 3.8) is 0 Å². The predicted octanol–water partition coefficient (Wildman–Crippen LogP) is 7.13. The van der Waals surface area contributed by atoms with Crippen molar-refractivity contribution in [2.75, 3.05) is 12.0 Å². The van der Waals surface area contributed by atoms with Crippen LogP contribution < -0.4 is 15.1 Å². The van der Waals surface area contributed by atoms with Crippen LogP contribution in [-0.2, 0) is 0 Å². The molecule has 3 aromatic carbocycles. The molecule has 0 saturated carbocycles. The Bertz CT molecular complexity index is 1560. The zero-order valence-corrected chi connectivity index (χ0v) is 20.7. The minimum atomic E-state index is -0.788. The predicted molar refractivity (Wildman–Crippen MR) is 135 cm³/mol. The molecule has 5 nitrogen and oxygen atoms in total. The van der Waals surface area contributed by atoms with E-state index in [1.54, 1.807) is 48.5 Å². The summed E-state index contributed by atoms with van der Waals surface area (Å²) < 4.78 is 11.3. The second kappa shape index (κ2) is 8.35. The van der Waals surface area contributed by atoms with Crippen molar-refractivity contribution in [3.05, 3.63) is 102 Å². The number of hydrogen-bond donors (Lipinski definition) is 0. The van der Waals surface area contributed by atoms with Crippen LogP contribution in [0.1, 0.15) is 38.9 Å². The Balaban J connectivity index is 1.82. The van der Waals surface area contributed by atoms with Crippen LogP contribution in [0.4, 0.5) is 5.69 Å². The molecule has 1 aromatic heterocycles. The zero-order valence-electron chi connectivity index (χ0n) is 18.4. The van der Waals surface area contributed by atoms with Gasteiger partial charge in [0.1, 0.15) is 11.3 Å². The second-order valence-electron chi connectivity index (χ2n) is 8.18. The lowest BCUT2D eigenvalue weighted by atomic mass is 9.97. The Morgan fingerprint density at radius 3 is 2.29 bits per heavy atom. The summed E-state index contributed by atoms with van der Waals surface area (Å²) in [6.45, 7) is 3.85. The number of halogens is 3. The number of nitrogens with zero attached hydrogens (tertiary/aromatic N) is 1. The fraction of sp³-hybridized carbons (Fsp3) is 0.154. The molecule has 0 spiro atoms. The first kappa shape index (κ1) is 22.8. The van der Waals surface area contributed by atoms with E-state index in [4.69, 9.17) is 44.0 Å². The van der Waals surface area contributed by atoms with E-state index in [1.807, 2.05) is 13.8 Å². The van der Waals surface area contributed by atoms with E-state index in [2.05, 4.69) is 0 Å². The van der Waals surface area contributed by atoms with Crippen LogP contribution in [0.2, 0.25) is 15.1 Å². The number of benzene rings is 3. The lowest BCUT2D eigenvalue weighted by Gasteiger charge is -2.26. The van der Waals surface area contributed by atoms with Crippen LogP contribution in [0.15, 0.2) is 57.7 Å². The molecular formula is C26H18Cl3NO4. The molecule has 8 heteroatoms. The highest BCUT2D eigenvalue weighted by atomic mass is 35.5. The normalized spacial score (nSPS) is 15.2. The molecule has 0 fully saturated rings. The first-order valence-corrected chi connectivity index (χ1v) is 11.5. The summed E-state index contributed by atoms with van der Waals surface area (Å²) in [7, 11) is 1.51. The molecule has 1 aliphatic heterocycles. The third-order valence-electron chi connectivity index (χ3n) is 6.16. The van der Waals surface area contributed by atoms with Gasteiger partial charge in [0.2, 0.25) is 5.76 Å². The van der Waals surface area contributed by atoms with Gasteiger partial charge in [-0.1, -0.05) is 40.9 Å². The van der Waals surface area contributed by atoms with Gasteiger partial charge in [0.05, 0.1) is 39.2 Å². The van der Waals surface area contributed by atoms with Crippen molar-refractivity contribution in [1.82, 2.24) is 0 Å². The first-order chi connectivity index (χ1) is 16.2. The average Bonchev–Trinajstić information content (AvgIpc) is 3.09. The zero-order chi connectivity index (χ0) is 24.3. The SMILES string of the molecule is COc1ccc(N2C(=O)c3oc4cc(C)c(C)cc4c(=O)c3C2c2ccc(Cl)c(Cl)c2)cc1Cl. The number of aryl methyl sites for hydroxylation is 2. The molecule has 5 rings (SSSR count). The largest absolute Gasteiger partial charge is 0.495 e. The molecule has 2 heterocycles. The summed E-state index contributed by atoms with van der Waals surface area (Å²) in [6, 6.07) is 12.8. The Morgan fingerprint density at radius 1 is 0.882 bits per heavy atom. The third kappa shape index (κ3) is 3.47. The maximum absolute atomic E-state index is 13.8. The molecule has 0 bridgehead atoms. The number of methoxy groups -OCH3 is 1. The van der Waals surface area contributed by atoms with Gasteiger partial charge in [-0.2, -0.15) is 0 Å². The van der Waals surface area contributed by atoms with Crippen LogP contribution in [0, 0.1) is 13.8 Å². The summed E-state index contributed by atoms with van der Waals surface area (Å²) in [5.74, 6) is -0.000135. The molecule has 1 unspecified atom stereocenters. The van der Waals surface area contributed by atoms with Gasteiger partial charge in [0.15, 0.2) is 5.43 Å². The highest BCUT2D eigenvalue weighted by Gasteiger charge is 2.44. The molecule has 1 amide bonds. The Kier molecular flexibility index (Phi) is 5.59. The Morgan fingerprint density at radius 2 is 1.62 bits per heavy atom. The molecule has 0 saturated heterocycles. The van der Waals surface area contributed by atoms with E-state index in [1.165, 1.54) is 12.0 Å². The molecule has 1 aliphatic rings. The standard InChI is InChI=1S/C26H18Cl3NO4/c1-12-8-16-21(9-13(12)2)34-25-22(24(16)31)23(14-4-6-17(27)18(28)10-14)30(26(25)32)15-5-7-20(33-3)19(29)11-15/h4-11,23H,1-3H3. The molecule has 172 valence electrons. The van der Waals surface area contributed by atoms with Crippen LogP contribution in [-0.4, -0.2) is 13.0 Å². The van der Waals surface area contributed by atoms with Crippen LogP contribution in [0.25, 0.3) is 11.0 Å². The first-order valence-electron chi connectivity index (χ1n) is 10.4. The highest BCUT2D eigenvalue weighted by molar-refractivity contribution is 6.42. The van der Waals surface area contributed by atoms with E-state index in [9.17, 15) is 9.59 Å². The summed E-state index contributed by atoms with van der Waals surface area (Å²) in [4.78, 5) is 29.0. The van der Waals surface area contributed by atoms with Crippen LogP contribution in [0.3, 0.4) is 0 Å². The summed E-state index contributed by atoms with van der Waals surface area (Å²) >= 11 is 18.8. The van der Waals surface area contributed by atoms with Crippen molar-refractivity contribution in [3.8, 4) is 5.75 Å². The monoisotopic (exact) mass is 513 g/mol. The Hall–Kier alpha value is -2.99. The molecule has 0 radical (unpaired) electrons. The van der Waals surface area contributed by atoms with Gasteiger partial charge in [-0.15, -0.1) is 0 Å². The quantitative estimate of drug-likeness (QED) is 0.292. The van der Waals surface area contributed by atoms with Gasteiger partial charge in [-0.3, -0.25) is 14.5 Å². The molecule has 1 atom stereocenters. The van der Waals surface area contributed by atoms with Crippen molar-refractivity contribution in [1.29, 1.82) is 0 Å². The lowest BCUT2D eigenvalue weighted by Crippen LogP contribution is -2.29. The van der Waals surface area contributed by atoms with E-state index in [0.29, 0.717) is 43.0 Å². The number of fused-ring (bicyclic) bond motifs is 2. The van der Waals surface area contributed by atoms with Gasteiger partial charge < -0.3 is 9.15 Å². The van der Waals surface area contributed by atoms with Crippen molar-refractivity contribution in [2.45, 2.75) is 19.9 Å². The van der Waals surface area contributed by atoms with E-state index < -0.39 is 11.9 Å². The number of carbonyl (C=O) groups is 1. The fourth-order valence-electron chi connectivity index (χ4n) is 4.30. The molecule has 0 N–H and O–H groups in total. The van der Waals surface area contributed by atoms with Crippen LogP contribution in [0.5, 0.6) is 5.75 Å². The number of amides is 1. The number of carbonyl (C=O) groups excluding carboxylic acids is 1. The van der Waals surface area contributed by atoms with Gasteiger partial charge in [0, 0.05) is 5.69 Å². The number of anilines is 1. The van der Waals surface area contributed by atoms with Crippen molar-refractivity contribution >= 4 is 57.4 Å². The molecule has 4 aromatic rings. The number of rotatable bonds is 3. The topological polar surface area (TPSA) is 59.8 Å². The van der Waals surface area contributed by atoms with Gasteiger partial charge >= 0.3 is 0 Å². The van der Waals surface area contributed by atoms with Crippen molar-refractivity contribution in [2.24, 2.45) is 0 Å². The van der Waals surface area contributed by atoms with Gasteiger partial charge in [-0.05, 0) is 73.0 Å². The summed E-state index contributed by atoms with van der Waals surface area (Å²) in [5.41, 5.74) is 3.34. The fourth-order valence-corrected chi connectivity index (χ4v) is 4.86. The van der Waals surface area contributed by atoms with E-state index >= 15 is 0 Å². The van der Waals surface area contributed by atoms with Gasteiger partial charge in [0.25, 0.3) is 5.91 Å². The minimum Gasteiger partial charge on any atom is -0.495 e. The second-order valence-corrected chi connectivity index (χ2v) is 9.40. The van der Waals surface area contributed by atoms with Crippen LogP contribution >= 0.6 is 34.8 Å². The highest BCUT2D eigenvalue weighted by Crippen LogP contribution is 2.44. The van der Waals surface area contributed by atoms with E-state index in [-0.39, 0.29) is 16.8 Å². The average molecular weight is 515 g/mol. The lowest BCUT2D eigenvalue weighted by molar-refractivity contribution is 0.0971. The van der Waals surface area contributed by atoms with Crippen molar-refractivity contribution < 1.29 is 13.9 Å². The smallest absolute Gasteiger partial charge is 0.295 e. The molecule has 0 aliphatic carbocycles. The maximum Gasteiger partial charge on any atom is 0.295 e.